The van der Waals surface area contributed by atoms with Crippen LogP contribution in [0.1, 0.15) is 37.9 Å². The SMILES string of the molecule is CCNC(=NCc1nc(C)cs1)NCC1CCN(C(C)C)C1. The first kappa shape index (κ1) is 17.2. The molecule has 1 unspecified atom stereocenters. The minimum absolute atomic E-state index is 0.649. The Balaban J connectivity index is 1.81. The highest BCUT2D eigenvalue weighted by atomic mass is 32.1. The highest BCUT2D eigenvalue weighted by Crippen LogP contribution is 2.17. The molecule has 22 heavy (non-hydrogen) atoms. The number of thiazole rings is 1. The Morgan fingerprint density at radius 2 is 2.32 bits per heavy atom. The van der Waals surface area contributed by atoms with E-state index < -0.39 is 0 Å². The van der Waals surface area contributed by atoms with Gasteiger partial charge in [0, 0.05) is 36.8 Å². The minimum Gasteiger partial charge on any atom is -0.357 e. The lowest BCUT2D eigenvalue weighted by atomic mass is 10.1. The van der Waals surface area contributed by atoms with Crippen molar-refractivity contribution in [1.29, 1.82) is 0 Å². The van der Waals surface area contributed by atoms with Gasteiger partial charge in [0.15, 0.2) is 5.96 Å². The summed E-state index contributed by atoms with van der Waals surface area (Å²) in [5, 5.41) is 9.95. The van der Waals surface area contributed by atoms with Gasteiger partial charge in [-0.05, 0) is 46.6 Å². The van der Waals surface area contributed by atoms with E-state index in [0.29, 0.717) is 18.5 Å². The predicted molar refractivity (Wildman–Crippen MR) is 94.5 cm³/mol. The number of aromatic nitrogens is 1. The topological polar surface area (TPSA) is 52.6 Å². The largest absolute Gasteiger partial charge is 0.357 e. The first-order valence-corrected chi connectivity index (χ1v) is 9.13. The third-order valence-corrected chi connectivity index (χ3v) is 4.94. The Labute approximate surface area is 138 Å². The summed E-state index contributed by atoms with van der Waals surface area (Å²) >= 11 is 1.68. The number of nitrogens with zero attached hydrogens (tertiary/aromatic N) is 3. The molecule has 1 atom stereocenters. The van der Waals surface area contributed by atoms with Gasteiger partial charge in [0.25, 0.3) is 0 Å². The summed E-state index contributed by atoms with van der Waals surface area (Å²) in [6, 6.07) is 0.653. The molecule has 0 aliphatic carbocycles. The molecule has 0 saturated carbocycles. The average Bonchev–Trinajstić information content (AvgIpc) is 3.11. The van der Waals surface area contributed by atoms with Crippen LogP contribution in [0, 0.1) is 12.8 Å². The summed E-state index contributed by atoms with van der Waals surface area (Å²) in [5.41, 5.74) is 1.08. The zero-order chi connectivity index (χ0) is 15.9. The molecule has 5 nitrogen and oxygen atoms in total. The zero-order valence-corrected chi connectivity index (χ0v) is 15.0. The van der Waals surface area contributed by atoms with Crippen molar-refractivity contribution in [2.75, 3.05) is 26.2 Å². The monoisotopic (exact) mass is 323 g/mol. The van der Waals surface area contributed by atoms with Crippen LogP contribution < -0.4 is 10.6 Å². The molecule has 0 bridgehead atoms. The van der Waals surface area contributed by atoms with E-state index in [1.807, 2.05) is 6.92 Å². The number of aliphatic imine (C=N–C) groups is 1. The van der Waals surface area contributed by atoms with Crippen LogP contribution in [0.3, 0.4) is 0 Å². The van der Waals surface area contributed by atoms with Gasteiger partial charge in [0.05, 0.1) is 6.54 Å². The molecule has 1 saturated heterocycles. The molecular weight excluding hydrogens is 294 g/mol. The lowest BCUT2D eigenvalue weighted by Gasteiger charge is -2.20. The standard InChI is InChI=1S/C16H29N5S/c1-5-17-16(19-9-15-20-13(4)11-22-15)18-8-14-6-7-21(10-14)12(2)3/h11-12,14H,5-10H2,1-4H3,(H2,17,18,19). The molecule has 1 aliphatic heterocycles. The van der Waals surface area contributed by atoms with Gasteiger partial charge in [-0.3, -0.25) is 0 Å². The van der Waals surface area contributed by atoms with Gasteiger partial charge in [0.2, 0.25) is 0 Å². The highest BCUT2D eigenvalue weighted by Gasteiger charge is 2.23. The van der Waals surface area contributed by atoms with Crippen LogP contribution in [0.4, 0.5) is 0 Å². The maximum Gasteiger partial charge on any atom is 0.191 e. The summed E-state index contributed by atoms with van der Waals surface area (Å²) in [6.45, 7) is 13.6. The van der Waals surface area contributed by atoms with Gasteiger partial charge in [-0.25, -0.2) is 9.98 Å². The van der Waals surface area contributed by atoms with Crippen LogP contribution in [0.5, 0.6) is 0 Å². The van der Waals surface area contributed by atoms with E-state index in [0.717, 1.165) is 29.8 Å². The molecular formula is C16H29N5S. The third kappa shape index (κ3) is 5.25. The molecule has 124 valence electrons. The van der Waals surface area contributed by atoms with Crippen molar-refractivity contribution in [2.45, 2.75) is 46.7 Å². The van der Waals surface area contributed by atoms with Gasteiger partial charge >= 0.3 is 0 Å². The quantitative estimate of drug-likeness (QED) is 0.623. The summed E-state index contributed by atoms with van der Waals surface area (Å²) in [5.74, 6) is 1.62. The number of nitrogens with one attached hydrogen (secondary N) is 2. The Morgan fingerprint density at radius 1 is 1.50 bits per heavy atom. The van der Waals surface area contributed by atoms with Gasteiger partial charge in [-0.15, -0.1) is 11.3 Å². The first-order chi connectivity index (χ1) is 10.6. The predicted octanol–water partition coefficient (Wildman–Crippen LogP) is 2.24. The molecule has 1 aliphatic rings. The Bertz CT molecular complexity index is 483. The number of guanidine groups is 1. The molecule has 1 aromatic rings. The number of aryl methyl sites for hydroxylation is 1. The van der Waals surface area contributed by atoms with Gasteiger partial charge in [0.1, 0.15) is 5.01 Å². The second-order valence-electron chi connectivity index (χ2n) is 6.20. The maximum atomic E-state index is 4.64. The molecule has 1 aromatic heterocycles. The minimum atomic E-state index is 0.649. The van der Waals surface area contributed by atoms with E-state index >= 15 is 0 Å². The average molecular weight is 324 g/mol. The second-order valence-corrected chi connectivity index (χ2v) is 7.14. The van der Waals surface area contributed by atoms with Crippen molar-refractivity contribution in [3.8, 4) is 0 Å². The molecule has 0 spiro atoms. The smallest absolute Gasteiger partial charge is 0.191 e. The van der Waals surface area contributed by atoms with E-state index in [9.17, 15) is 0 Å². The van der Waals surface area contributed by atoms with Gasteiger partial charge in [-0.1, -0.05) is 0 Å². The lowest BCUT2D eigenvalue weighted by molar-refractivity contribution is 0.265. The van der Waals surface area contributed by atoms with E-state index in [1.165, 1.54) is 19.5 Å². The van der Waals surface area contributed by atoms with E-state index in [-0.39, 0.29) is 0 Å². The first-order valence-electron chi connectivity index (χ1n) is 8.25. The fourth-order valence-corrected chi connectivity index (χ4v) is 3.40. The maximum absolute atomic E-state index is 4.64. The normalized spacial score (nSPS) is 19.9. The van der Waals surface area contributed by atoms with E-state index in [2.05, 4.69) is 51.7 Å². The van der Waals surface area contributed by atoms with E-state index in [1.54, 1.807) is 11.3 Å². The number of likely N-dealkylation sites (tertiary alicyclic amines) is 1. The summed E-state index contributed by atoms with van der Waals surface area (Å²) < 4.78 is 0. The van der Waals surface area contributed by atoms with Crippen molar-refractivity contribution in [3.63, 3.8) is 0 Å². The Hall–Kier alpha value is -1.14. The zero-order valence-electron chi connectivity index (χ0n) is 14.2. The number of rotatable bonds is 6. The fraction of sp³-hybridized carbons (Fsp3) is 0.750. The van der Waals surface area contributed by atoms with Crippen LogP contribution in [-0.2, 0) is 6.54 Å². The van der Waals surface area contributed by atoms with Crippen LogP contribution in [0.25, 0.3) is 0 Å². The van der Waals surface area contributed by atoms with Crippen molar-refractivity contribution < 1.29 is 0 Å². The van der Waals surface area contributed by atoms with E-state index in [4.69, 9.17) is 0 Å². The molecule has 0 radical (unpaired) electrons. The lowest BCUT2D eigenvalue weighted by Crippen LogP contribution is -2.40. The number of hydrogen-bond acceptors (Lipinski definition) is 4. The molecule has 2 rings (SSSR count). The molecule has 6 heteroatoms. The molecule has 2 N–H and O–H groups in total. The van der Waals surface area contributed by atoms with Crippen LogP contribution in [0.15, 0.2) is 10.4 Å². The van der Waals surface area contributed by atoms with Crippen LogP contribution in [-0.4, -0.2) is 48.1 Å². The van der Waals surface area contributed by atoms with Crippen molar-refractivity contribution in [2.24, 2.45) is 10.9 Å². The van der Waals surface area contributed by atoms with Crippen LogP contribution >= 0.6 is 11.3 Å². The molecule has 1 fully saturated rings. The van der Waals surface area contributed by atoms with Crippen molar-refractivity contribution in [1.82, 2.24) is 20.5 Å². The Kier molecular flexibility index (Phi) is 6.64. The summed E-state index contributed by atoms with van der Waals surface area (Å²) in [4.78, 5) is 11.7. The molecule has 0 aromatic carbocycles. The molecule has 0 amide bonds. The summed E-state index contributed by atoms with van der Waals surface area (Å²) in [7, 11) is 0. The second kappa shape index (κ2) is 8.48. The summed E-state index contributed by atoms with van der Waals surface area (Å²) in [6.07, 6.45) is 1.27. The highest BCUT2D eigenvalue weighted by molar-refractivity contribution is 7.09. The van der Waals surface area contributed by atoms with Gasteiger partial charge < -0.3 is 15.5 Å². The van der Waals surface area contributed by atoms with Gasteiger partial charge in [-0.2, -0.15) is 0 Å². The number of hydrogen-bond donors (Lipinski definition) is 2. The third-order valence-electron chi connectivity index (χ3n) is 3.99. The van der Waals surface area contributed by atoms with Crippen molar-refractivity contribution >= 4 is 17.3 Å². The van der Waals surface area contributed by atoms with Crippen molar-refractivity contribution in [3.05, 3.63) is 16.1 Å². The fourth-order valence-electron chi connectivity index (χ4n) is 2.70. The molecule has 2 heterocycles. The van der Waals surface area contributed by atoms with Crippen LogP contribution in [0.2, 0.25) is 0 Å². The Morgan fingerprint density at radius 3 is 2.91 bits per heavy atom.